The fraction of sp³-hybridized carbons (Fsp3) is 0.619. The molecule has 0 radical (unpaired) electrons. The molecule has 1 rings (SSSR count). The Kier molecular flexibility index (Phi) is 10.4. The molecule has 0 aliphatic carbocycles. The van der Waals surface area contributed by atoms with E-state index >= 15 is 0 Å². The van der Waals surface area contributed by atoms with Gasteiger partial charge in [0.05, 0.1) is 11.8 Å². The summed E-state index contributed by atoms with van der Waals surface area (Å²) in [5, 5.41) is 8.95. The van der Waals surface area contributed by atoms with E-state index in [1.165, 1.54) is 11.9 Å². The van der Waals surface area contributed by atoms with Crippen LogP contribution in [0.25, 0.3) is 0 Å². The Morgan fingerprint density at radius 1 is 1.27 bits per heavy atom. The second kappa shape index (κ2) is 12.5. The first-order valence-electron chi connectivity index (χ1n) is 10.1. The minimum absolute atomic E-state index is 0.0534. The molecule has 1 heterocycles. The number of hydrogen-bond donors (Lipinski definition) is 3. The number of ether oxygens (including phenoxy) is 1. The smallest absolute Gasteiger partial charge is 0.410 e. The number of unbranched alkanes of at least 4 members (excludes halogenated alkanes) is 1. The first-order valence-corrected chi connectivity index (χ1v) is 10.1. The van der Waals surface area contributed by atoms with Crippen molar-refractivity contribution >= 4 is 23.8 Å². The molecule has 0 spiro atoms. The van der Waals surface area contributed by atoms with E-state index in [2.05, 4.69) is 44.7 Å². The molecule has 9 heteroatoms. The average Bonchev–Trinajstić information content (AvgIpc) is 2.68. The van der Waals surface area contributed by atoms with Gasteiger partial charge < -0.3 is 25.6 Å². The number of aromatic nitrogens is 2. The van der Waals surface area contributed by atoms with Gasteiger partial charge >= 0.3 is 6.09 Å². The maximum Gasteiger partial charge on any atom is 0.410 e. The number of carbonyl (C=O) groups is 2. The molecule has 0 aliphatic heterocycles. The van der Waals surface area contributed by atoms with Crippen LogP contribution in [0.2, 0.25) is 0 Å². The highest BCUT2D eigenvalue weighted by Crippen LogP contribution is 2.12. The first kappa shape index (κ1) is 25.0. The van der Waals surface area contributed by atoms with Crippen LogP contribution in [0.5, 0.6) is 0 Å². The summed E-state index contributed by atoms with van der Waals surface area (Å²) in [5.74, 6) is 7.18. The molecule has 166 valence electrons. The summed E-state index contributed by atoms with van der Waals surface area (Å²) in [6.07, 6.45) is 3.46. The molecular weight excluding hydrogens is 384 g/mol. The number of amides is 2. The van der Waals surface area contributed by atoms with Gasteiger partial charge in [-0.05, 0) is 33.6 Å². The van der Waals surface area contributed by atoms with E-state index in [0.717, 1.165) is 18.5 Å². The Hall–Kier alpha value is -3.02. The van der Waals surface area contributed by atoms with Gasteiger partial charge in [0.25, 0.3) is 0 Å². The van der Waals surface area contributed by atoms with Crippen LogP contribution < -0.4 is 16.0 Å². The predicted octanol–water partition coefficient (Wildman–Crippen LogP) is 2.46. The quantitative estimate of drug-likeness (QED) is 0.417. The Labute approximate surface area is 179 Å². The molecule has 0 bridgehead atoms. The van der Waals surface area contributed by atoms with Crippen molar-refractivity contribution in [3.05, 3.63) is 11.8 Å². The second-order valence-corrected chi connectivity index (χ2v) is 7.72. The van der Waals surface area contributed by atoms with Crippen LogP contribution in [0.1, 0.15) is 52.5 Å². The van der Waals surface area contributed by atoms with Crippen LogP contribution in [0.3, 0.4) is 0 Å². The number of rotatable bonds is 9. The maximum atomic E-state index is 12.0. The van der Waals surface area contributed by atoms with Gasteiger partial charge in [-0.1, -0.05) is 18.8 Å². The molecule has 9 nitrogen and oxygen atoms in total. The van der Waals surface area contributed by atoms with Crippen LogP contribution in [0.15, 0.2) is 6.20 Å². The molecule has 0 saturated carbocycles. The van der Waals surface area contributed by atoms with Crippen LogP contribution in [-0.4, -0.2) is 66.2 Å². The monoisotopic (exact) mass is 418 g/mol. The predicted molar refractivity (Wildman–Crippen MR) is 118 cm³/mol. The summed E-state index contributed by atoms with van der Waals surface area (Å²) in [6.45, 7) is 8.66. The van der Waals surface area contributed by atoms with Gasteiger partial charge in [-0.25, -0.2) is 9.78 Å². The summed E-state index contributed by atoms with van der Waals surface area (Å²) in [4.78, 5) is 33.7. The standard InChI is InChI=1S/C21H34N6O3/c1-7-12-24-18-16(14-25-19(22-5)26-18)11-9-8-10-13-23-17(28)15-27(6)20(29)30-21(2,3)4/h14H,7-8,10,12-13,15H2,1-6H3,(H,23,28)(H2,22,24,25,26). The van der Waals surface area contributed by atoms with Crippen molar-refractivity contribution in [2.45, 2.75) is 52.6 Å². The Bertz CT molecular complexity index is 764. The molecule has 0 atom stereocenters. The molecule has 0 unspecified atom stereocenters. The number of nitrogens with one attached hydrogen (secondary N) is 3. The van der Waals surface area contributed by atoms with E-state index in [0.29, 0.717) is 31.2 Å². The van der Waals surface area contributed by atoms with E-state index in [1.807, 2.05) is 0 Å². The van der Waals surface area contributed by atoms with Crippen molar-refractivity contribution in [3.63, 3.8) is 0 Å². The van der Waals surface area contributed by atoms with Crippen molar-refractivity contribution in [2.24, 2.45) is 0 Å². The highest BCUT2D eigenvalue weighted by atomic mass is 16.6. The molecule has 0 fully saturated rings. The highest BCUT2D eigenvalue weighted by molar-refractivity contribution is 5.82. The zero-order valence-electron chi connectivity index (χ0n) is 18.9. The van der Waals surface area contributed by atoms with E-state index < -0.39 is 11.7 Å². The Balaban J connectivity index is 2.42. The minimum Gasteiger partial charge on any atom is -0.444 e. The lowest BCUT2D eigenvalue weighted by Crippen LogP contribution is -2.41. The SMILES string of the molecule is CCCNc1nc(NC)ncc1C#CCCCNC(=O)CN(C)C(=O)OC(C)(C)C. The number of anilines is 2. The van der Waals surface area contributed by atoms with Crippen LogP contribution >= 0.6 is 0 Å². The minimum atomic E-state index is -0.592. The third kappa shape index (κ3) is 9.96. The van der Waals surface area contributed by atoms with Gasteiger partial charge in [-0.15, -0.1) is 0 Å². The summed E-state index contributed by atoms with van der Waals surface area (Å²) >= 11 is 0. The highest BCUT2D eigenvalue weighted by Gasteiger charge is 2.20. The van der Waals surface area contributed by atoms with Gasteiger partial charge in [-0.2, -0.15) is 4.98 Å². The molecule has 0 saturated heterocycles. The number of hydrogen-bond acceptors (Lipinski definition) is 7. The topological polar surface area (TPSA) is 108 Å². The summed E-state index contributed by atoms with van der Waals surface area (Å²) in [5.41, 5.74) is 0.149. The third-order valence-corrected chi connectivity index (χ3v) is 3.66. The fourth-order valence-electron chi connectivity index (χ4n) is 2.21. The van der Waals surface area contributed by atoms with Gasteiger partial charge in [-0.3, -0.25) is 4.79 Å². The summed E-state index contributed by atoms with van der Waals surface area (Å²) in [6, 6.07) is 0. The molecule has 1 aromatic heterocycles. The average molecular weight is 419 g/mol. The Morgan fingerprint density at radius 3 is 2.63 bits per heavy atom. The third-order valence-electron chi connectivity index (χ3n) is 3.66. The maximum absolute atomic E-state index is 12.0. The fourth-order valence-corrected chi connectivity index (χ4v) is 2.21. The molecule has 30 heavy (non-hydrogen) atoms. The zero-order valence-corrected chi connectivity index (χ0v) is 18.9. The summed E-state index contributed by atoms with van der Waals surface area (Å²) < 4.78 is 5.22. The molecule has 2 amide bonds. The summed E-state index contributed by atoms with van der Waals surface area (Å²) in [7, 11) is 3.30. The van der Waals surface area contributed by atoms with Gasteiger partial charge in [0, 0.05) is 33.6 Å². The lowest BCUT2D eigenvalue weighted by atomic mass is 10.2. The van der Waals surface area contributed by atoms with E-state index in [-0.39, 0.29) is 12.5 Å². The number of nitrogens with zero attached hydrogens (tertiary/aromatic N) is 3. The number of carbonyl (C=O) groups excluding carboxylic acids is 2. The molecule has 0 aromatic carbocycles. The molecule has 3 N–H and O–H groups in total. The Morgan fingerprint density at radius 2 is 2.00 bits per heavy atom. The van der Waals surface area contributed by atoms with Crippen molar-refractivity contribution in [2.75, 3.05) is 44.4 Å². The van der Waals surface area contributed by atoms with Crippen LogP contribution in [0.4, 0.5) is 16.6 Å². The largest absolute Gasteiger partial charge is 0.444 e. The van der Waals surface area contributed by atoms with Gasteiger partial charge in [0.2, 0.25) is 11.9 Å². The molecule has 1 aromatic rings. The van der Waals surface area contributed by atoms with Crippen molar-refractivity contribution < 1.29 is 14.3 Å². The number of likely N-dealkylation sites (N-methyl/N-ethyl adjacent to an activating group) is 1. The first-order chi connectivity index (χ1) is 14.2. The van der Waals surface area contributed by atoms with Gasteiger partial charge in [0.1, 0.15) is 18.0 Å². The van der Waals surface area contributed by atoms with Crippen molar-refractivity contribution in [1.29, 1.82) is 0 Å². The van der Waals surface area contributed by atoms with E-state index in [9.17, 15) is 9.59 Å². The van der Waals surface area contributed by atoms with Crippen LogP contribution in [0, 0.1) is 11.8 Å². The normalized spacial score (nSPS) is 10.5. The van der Waals surface area contributed by atoms with E-state index in [4.69, 9.17) is 4.74 Å². The zero-order chi connectivity index (χ0) is 22.6. The second-order valence-electron chi connectivity index (χ2n) is 7.72. The van der Waals surface area contributed by atoms with Crippen LogP contribution in [-0.2, 0) is 9.53 Å². The van der Waals surface area contributed by atoms with E-state index in [1.54, 1.807) is 34.0 Å². The van der Waals surface area contributed by atoms with Crippen molar-refractivity contribution in [1.82, 2.24) is 20.2 Å². The van der Waals surface area contributed by atoms with Crippen molar-refractivity contribution in [3.8, 4) is 11.8 Å². The van der Waals surface area contributed by atoms with Gasteiger partial charge in [0.15, 0.2) is 0 Å². The lowest BCUT2D eigenvalue weighted by Gasteiger charge is -2.24. The molecular formula is C21H34N6O3. The molecule has 0 aliphatic rings. The lowest BCUT2D eigenvalue weighted by molar-refractivity contribution is -0.122.